The molecule has 0 radical (unpaired) electrons. The molecule has 6 heteroatoms. The monoisotopic (exact) mass is 353 g/mol. The van der Waals surface area contributed by atoms with E-state index >= 15 is 0 Å². The van der Waals surface area contributed by atoms with Gasteiger partial charge in [-0.2, -0.15) is 9.78 Å². The second-order valence-electron chi connectivity index (χ2n) is 6.15. The van der Waals surface area contributed by atoms with Crippen LogP contribution in [0.5, 0.6) is 5.75 Å². The average Bonchev–Trinajstić information content (AvgIpc) is 3.00. The fraction of sp³-hybridized carbons (Fsp3) is 0.316. The molecule has 25 heavy (non-hydrogen) atoms. The van der Waals surface area contributed by atoms with E-state index in [1.165, 1.54) is 21.5 Å². The molecule has 5 nitrogen and oxygen atoms in total. The first-order valence-electron chi connectivity index (χ1n) is 8.40. The third kappa shape index (κ3) is 2.76. The van der Waals surface area contributed by atoms with Crippen LogP contribution in [0.3, 0.4) is 0 Å². The van der Waals surface area contributed by atoms with Gasteiger partial charge in [-0.05, 0) is 50.3 Å². The normalized spacial score (nSPS) is 14.2. The molecular formula is C19H19N3O2S. The van der Waals surface area contributed by atoms with Crippen LogP contribution in [-0.4, -0.2) is 23.0 Å². The Morgan fingerprint density at radius 3 is 2.92 bits per heavy atom. The minimum atomic E-state index is -0.0759. The summed E-state index contributed by atoms with van der Waals surface area (Å²) in [7, 11) is 1.62. The molecule has 0 bridgehead atoms. The summed E-state index contributed by atoms with van der Waals surface area (Å²) in [5.74, 6) is 1.32. The zero-order valence-corrected chi connectivity index (χ0v) is 15.1. The lowest BCUT2D eigenvalue weighted by molar-refractivity contribution is 0.414. The topological polar surface area (TPSA) is 56.5 Å². The average molecular weight is 353 g/mol. The maximum absolute atomic E-state index is 13.0. The van der Waals surface area contributed by atoms with Crippen LogP contribution in [0.15, 0.2) is 34.2 Å². The fourth-order valence-corrected chi connectivity index (χ4v) is 4.62. The fourth-order valence-electron chi connectivity index (χ4n) is 3.33. The summed E-state index contributed by atoms with van der Waals surface area (Å²) >= 11 is 1.66. The van der Waals surface area contributed by atoms with Crippen LogP contribution in [0.4, 0.5) is 0 Å². The Hall–Kier alpha value is -2.47. The molecule has 3 aromatic rings. The van der Waals surface area contributed by atoms with Crippen LogP contribution in [0, 0.1) is 6.92 Å². The molecule has 0 saturated carbocycles. The number of hydrogen-bond acceptors (Lipinski definition) is 5. The summed E-state index contributed by atoms with van der Waals surface area (Å²) in [5, 5.41) is 5.16. The number of benzene rings is 1. The largest absolute Gasteiger partial charge is 0.496 e. The number of hydrogen-bond donors (Lipinski definition) is 0. The van der Waals surface area contributed by atoms with Gasteiger partial charge in [-0.3, -0.25) is 4.79 Å². The second-order valence-corrected chi connectivity index (χ2v) is 7.24. The molecule has 0 spiro atoms. The SMILES string of the molecule is COc1ccccc1C=Nn1c(C)nc2sc3c(c2c1=O)CCCC3. The first kappa shape index (κ1) is 16.0. The Labute approximate surface area is 149 Å². The quantitative estimate of drug-likeness (QED) is 0.677. The van der Waals surface area contributed by atoms with E-state index in [9.17, 15) is 4.79 Å². The van der Waals surface area contributed by atoms with E-state index in [0.29, 0.717) is 5.82 Å². The molecule has 2 aromatic heterocycles. The Morgan fingerprint density at radius 2 is 2.08 bits per heavy atom. The predicted octanol–water partition coefficient (Wildman–Crippen LogP) is 3.54. The van der Waals surface area contributed by atoms with Gasteiger partial charge in [-0.15, -0.1) is 11.3 Å². The number of methoxy groups -OCH3 is 1. The molecule has 1 aromatic carbocycles. The van der Waals surface area contributed by atoms with E-state index in [0.717, 1.165) is 40.8 Å². The molecule has 0 fully saturated rings. The summed E-state index contributed by atoms with van der Waals surface area (Å²) in [6, 6.07) is 7.59. The van der Waals surface area contributed by atoms with Gasteiger partial charge in [0.05, 0.1) is 18.7 Å². The summed E-state index contributed by atoms with van der Waals surface area (Å²) in [5.41, 5.74) is 1.93. The van der Waals surface area contributed by atoms with Crippen molar-refractivity contribution in [1.82, 2.24) is 9.66 Å². The lowest BCUT2D eigenvalue weighted by atomic mass is 9.97. The van der Waals surface area contributed by atoms with Gasteiger partial charge in [0.2, 0.25) is 0 Å². The molecule has 0 N–H and O–H groups in total. The van der Waals surface area contributed by atoms with Crippen molar-refractivity contribution in [3.05, 3.63) is 56.4 Å². The van der Waals surface area contributed by atoms with Crippen molar-refractivity contribution in [2.24, 2.45) is 5.10 Å². The number of aromatic nitrogens is 2. The van der Waals surface area contributed by atoms with E-state index in [2.05, 4.69) is 10.1 Å². The number of rotatable bonds is 3. The van der Waals surface area contributed by atoms with Crippen LogP contribution < -0.4 is 10.3 Å². The van der Waals surface area contributed by atoms with Crippen LogP contribution >= 0.6 is 11.3 Å². The molecule has 0 unspecified atom stereocenters. The zero-order valence-electron chi connectivity index (χ0n) is 14.3. The van der Waals surface area contributed by atoms with Crippen molar-refractivity contribution in [3.8, 4) is 5.75 Å². The van der Waals surface area contributed by atoms with E-state index in [-0.39, 0.29) is 5.56 Å². The third-order valence-electron chi connectivity index (χ3n) is 4.58. The van der Waals surface area contributed by atoms with Crippen molar-refractivity contribution >= 4 is 27.8 Å². The van der Waals surface area contributed by atoms with E-state index in [1.54, 1.807) is 24.7 Å². The number of nitrogens with zero attached hydrogens (tertiary/aromatic N) is 3. The molecule has 0 atom stereocenters. The van der Waals surface area contributed by atoms with Crippen molar-refractivity contribution in [3.63, 3.8) is 0 Å². The van der Waals surface area contributed by atoms with Crippen molar-refractivity contribution in [2.75, 3.05) is 7.11 Å². The van der Waals surface area contributed by atoms with Gasteiger partial charge in [-0.25, -0.2) is 4.98 Å². The molecule has 128 valence electrons. The van der Waals surface area contributed by atoms with Gasteiger partial charge in [-0.1, -0.05) is 12.1 Å². The third-order valence-corrected chi connectivity index (χ3v) is 5.77. The van der Waals surface area contributed by atoms with Crippen molar-refractivity contribution in [1.29, 1.82) is 0 Å². The lowest BCUT2D eigenvalue weighted by Crippen LogP contribution is -2.21. The minimum Gasteiger partial charge on any atom is -0.496 e. The number of fused-ring (bicyclic) bond motifs is 3. The highest BCUT2D eigenvalue weighted by Gasteiger charge is 2.21. The Balaban J connectivity index is 1.85. The number of aryl methyl sites for hydroxylation is 3. The molecule has 4 rings (SSSR count). The van der Waals surface area contributed by atoms with Crippen LogP contribution in [0.1, 0.15) is 34.7 Å². The Morgan fingerprint density at radius 1 is 1.28 bits per heavy atom. The summed E-state index contributed by atoms with van der Waals surface area (Å²) in [6.45, 7) is 1.82. The molecule has 0 saturated heterocycles. The van der Waals surface area contributed by atoms with Gasteiger partial charge >= 0.3 is 0 Å². The van der Waals surface area contributed by atoms with E-state index in [4.69, 9.17) is 4.74 Å². The lowest BCUT2D eigenvalue weighted by Gasteiger charge is -2.10. The van der Waals surface area contributed by atoms with Gasteiger partial charge in [0.15, 0.2) is 0 Å². The number of ether oxygens (including phenoxy) is 1. The smallest absolute Gasteiger partial charge is 0.283 e. The van der Waals surface area contributed by atoms with Gasteiger partial charge in [0, 0.05) is 10.4 Å². The highest BCUT2D eigenvalue weighted by atomic mass is 32.1. The van der Waals surface area contributed by atoms with Crippen LogP contribution in [0.25, 0.3) is 10.2 Å². The number of para-hydroxylation sites is 1. The summed E-state index contributed by atoms with van der Waals surface area (Å²) in [6.07, 6.45) is 6.00. The number of thiophene rings is 1. The summed E-state index contributed by atoms with van der Waals surface area (Å²) < 4.78 is 6.73. The standard InChI is InChI=1S/C19H19N3O2S/c1-12-21-18-17(14-8-4-6-10-16(14)25-18)19(23)22(12)20-11-13-7-3-5-9-15(13)24-2/h3,5,7,9,11H,4,6,8,10H2,1-2H3. The van der Waals surface area contributed by atoms with Crippen molar-refractivity contribution in [2.45, 2.75) is 32.6 Å². The molecule has 1 aliphatic carbocycles. The van der Waals surface area contributed by atoms with E-state index in [1.807, 2.05) is 31.2 Å². The maximum Gasteiger partial charge on any atom is 0.283 e. The second kappa shape index (κ2) is 6.44. The molecular weight excluding hydrogens is 334 g/mol. The Kier molecular flexibility index (Phi) is 4.13. The van der Waals surface area contributed by atoms with Crippen LogP contribution in [0.2, 0.25) is 0 Å². The maximum atomic E-state index is 13.0. The molecule has 0 amide bonds. The van der Waals surface area contributed by atoms with Gasteiger partial charge < -0.3 is 4.74 Å². The highest BCUT2D eigenvalue weighted by molar-refractivity contribution is 7.18. The summed E-state index contributed by atoms with van der Waals surface area (Å²) in [4.78, 5) is 19.8. The zero-order chi connectivity index (χ0) is 17.4. The Bertz CT molecular complexity index is 1030. The van der Waals surface area contributed by atoms with Gasteiger partial charge in [0.25, 0.3) is 5.56 Å². The van der Waals surface area contributed by atoms with E-state index < -0.39 is 0 Å². The first-order valence-corrected chi connectivity index (χ1v) is 9.22. The predicted molar refractivity (Wildman–Crippen MR) is 101 cm³/mol. The first-order chi connectivity index (χ1) is 12.2. The van der Waals surface area contributed by atoms with Crippen molar-refractivity contribution < 1.29 is 4.74 Å². The van der Waals surface area contributed by atoms with Gasteiger partial charge in [0.1, 0.15) is 16.4 Å². The van der Waals surface area contributed by atoms with Crippen LogP contribution in [-0.2, 0) is 12.8 Å². The molecule has 2 heterocycles. The highest BCUT2D eigenvalue weighted by Crippen LogP contribution is 2.33. The minimum absolute atomic E-state index is 0.0759. The molecule has 1 aliphatic rings. The molecule has 0 aliphatic heterocycles.